The van der Waals surface area contributed by atoms with Gasteiger partial charge in [-0.15, -0.1) is 16.4 Å². The molecule has 4 rings (SSSR count). The second-order valence-electron chi connectivity index (χ2n) is 6.16. The van der Waals surface area contributed by atoms with Gasteiger partial charge in [-0.3, -0.25) is 20.2 Å². The number of thiazole rings is 1. The number of amides is 1. The number of carbonyl (C=O) groups excluding carboxylic acids is 1. The lowest BCUT2D eigenvalue weighted by Crippen LogP contribution is -2.09. The molecule has 0 unspecified atom stereocenters. The van der Waals surface area contributed by atoms with Gasteiger partial charge in [-0.1, -0.05) is 24.3 Å². The van der Waals surface area contributed by atoms with Gasteiger partial charge in [-0.25, -0.2) is 4.52 Å². The molecule has 4 aromatic rings. The maximum atomic E-state index is 12.2. The number of non-ortho nitro benzene ring substituents is 1. The van der Waals surface area contributed by atoms with Crippen molar-refractivity contribution in [3.63, 3.8) is 0 Å². The molecule has 0 aliphatic carbocycles. The van der Waals surface area contributed by atoms with Crippen LogP contribution in [0.4, 0.5) is 11.6 Å². The van der Waals surface area contributed by atoms with E-state index in [1.807, 2.05) is 29.6 Å². The molecule has 2 aromatic carbocycles. The van der Waals surface area contributed by atoms with Crippen molar-refractivity contribution in [3.05, 3.63) is 75.7 Å². The number of fused-ring (bicyclic) bond motifs is 1. The SMILES string of the molecule is COc1cccc(-c2csc3nc(NC(=O)/C=C/c4cccc([N+](=O)[O-])c4)nn23)c1. The Morgan fingerprint density at radius 1 is 1.27 bits per heavy atom. The molecule has 0 radical (unpaired) electrons. The Morgan fingerprint density at radius 3 is 2.90 bits per heavy atom. The molecule has 0 bridgehead atoms. The van der Waals surface area contributed by atoms with Crippen molar-refractivity contribution in [3.8, 4) is 17.0 Å². The molecule has 2 heterocycles. The number of nitro groups is 1. The van der Waals surface area contributed by atoms with Crippen molar-refractivity contribution in [2.75, 3.05) is 12.4 Å². The number of hydrogen-bond donors (Lipinski definition) is 1. The highest BCUT2D eigenvalue weighted by Gasteiger charge is 2.13. The van der Waals surface area contributed by atoms with E-state index in [2.05, 4.69) is 15.4 Å². The van der Waals surface area contributed by atoms with Crippen LogP contribution in [-0.4, -0.2) is 32.5 Å². The van der Waals surface area contributed by atoms with Crippen LogP contribution in [0.25, 0.3) is 22.3 Å². The Kier molecular flexibility index (Phi) is 5.22. The smallest absolute Gasteiger partial charge is 0.270 e. The summed E-state index contributed by atoms with van der Waals surface area (Å²) in [5.74, 6) is 0.453. The van der Waals surface area contributed by atoms with Gasteiger partial charge in [0.2, 0.25) is 4.96 Å². The van der Waals surface area contributed by atoms with E-state index < -0.39 is 10.8 Å². The van der Waals surface area contributed by atoms with E-state index in [0.717, 1.165) is 17.0 Å². The van der Waals surface area contributed by atoms with Crippen LogP contribution in [0.15, 0.2) is 60.0 Å². The van der Waals surface area contributed by atoms with Crippen LogP contribution in [0.2, 0.25) is 0 Å². The average Bonchev–Trinajstić information content (AvgIpc) is 3.32. The zero-order chi connectivity index (χ0) is 21.1. The average molecular weight is 421 g/mol. The maximum Gasteiger partial charge on any atom is 0.270 e. The van der Waals surface area contributed by atoms with Gasteiger partial charge < -0.3 is 4.74 Å². The molecule has 1 amide bonds. The van der Waals surface area contributed by atoms with Gasteiger partial charge in [0.25, 0.3) is 17.5 Å². The summed E-state index contributed by atoms with van der Waals surface area (Å²) in [6.45, 7) is 0. The number of aromatic nitrogens is 3. The standard InChI is InChI=1S/C20H15N5O4S/c1-29-16-7-3-5-14(11-16)17-12-30-20-22-19(23-24(17)20)21-18(26)9-8-13-4-2-6-15(10-13)25(27)28/h2-12H,1H3,(H,21,23,26)/b9-8+. The van der Waals surface area contributed by atoms with E-state index in [-0.39, 0.29) is 11.6 Å². The Morgan fingerprint density at radius 2 is 2.10 bits per heavy atom. The summed E-state index contributed by atoms with van der Waals surface area (Å²) in [6, 6.07) is 13.6. The van der Waals surface area contributed by atoms with Crippen LogP contribution in [0.3, 0.4) is 0 Å². The molecule has 10 heteroatoms. The summed E-state index contributed by atoms with van der Waals surface area (Å²) < 4.78 is 6.91. The number of benzene rings is 2. The van der Waals surface area contributed by atoms with Crippen LogP contribution in [0.5, 0.6) is 5.75 Å². The maximum absolute atomic E-state index is 12.2. The minimum absolute atomic E-state index is 0.0429. The molecule has 0 aliphatic heterocycles. The molecule has 1 N–H and O–H groups in total. The third-order valence-electron chi connectivity index (χ3n) is 4.19. The van der Waals surface area contributed by atoms with E-state index in [1.54, 1.807) is 23.8 Å². The summed E-state index contributed by atoms with van der Waals surface area (Å²) in [6.07, 6.45) is 2.76. The lowest BCUT2D eigenvalue weighted by Gasteiger charge is -2.02. The first-order valence-corrected chi connectivity index (χ1v) is 9.63. The number of hydrogen-bond acceptors (Lipinski definition) is 7. The number of nitrogens with one attached hydrogen (secondary N) is 1. The fourth-order valence-electron chi connectivity index (χ4n) is 2.78. The van der Waals surface area contributed by atoms with Crippen molar-refractivity contribution in [2.45, 2.75) is 0 Å². The number of rotatable bonds is 6. The van der Waals surface area contributed by atoms with Gasteiger partial charge >= 0.3 is 0 Å². The Bertz CT molecular complexity index is 1280. The largest absolute Gasteiger partial charge is 0.497 e. The van der Waals surface area contributed by atoms with Crippen LogP contribution in [-0.2, 0) is 4.79 Å². The highest BCUT2D eigenvalue weighted by molar-refractivity contribution is 7.15. The third-order valence-corrected chi connectivity index (χ3v) is 5.01. The van der Waals surface area contributed by atoms with Crippen LogP contribution in [0.1, 0.15) is 5.56 Å². The Balaban J connectivity index is 1.52. The minimum atomic E-state index is -0.487. The van der Waals surface area contributed by atoms with Crippen molar-refractivity contribution in [1.82, 2.24) is 14.6 Å². The van der Waals surface area contributed by atoms with Crippen LogP contribution < -0.4 is 10.1 Å². The zero-order valence-electron chi connectivity index (χ0n) is 15.7. The first-order chi connectivity index (χ1) is 14.5. The predicted octanol–water partition coefficient (Wildman–Crippen LogP) is 4.03. The zero-order valence-corrected chi connectivity index (χ0v) is 16.5. The summed E-state index contributed by atoms with van der Waals surface area (Å²) in [7, 11) is 1.60. The molecule has 0 spiro atoms. The molecule has 9 nitrogen and oxygen atoms in total. The first-order valence-electron chi connectivity index (χ1n) is 8.76. The number of anilines is 1. The number of carbonyl (C=O) groups is 1. The summed E-state index contributed by atoms with van der Waals surface area (Å²) in [4.78, 5) is 27.5. The quantitative estimate of drug-likeness (QED) is 0.286. The molecule has 0 aliphatic rings. The van der Waals surface area contributed by atoms with E-state index in [0.29, 0.717) is 10.5 Å². The number of nitro benzene ring substituents is 1. The van der Waals surface area contributed by atoms with Gasteiger partial charge in [-0.05, 0) is 23.8 Å². The fraction of sp³-hybridized carbons (Fsp3) is 0.0500. The van der Waals surface area contributed by atoms with Gasteiger partial charge in [-0.2, -0.15) is 4.98 Å². The molecule has 0 atom stereocenters. The minimum Gasteiger partial charge on any atom is -0.497 e. The van der Waals surface area contributed by atoms with Crippen LogP contribution >= 0.6 is 11.3 Å². The summed E-state index contributed by atoms with van der Waals surface area (Å²) in [5, 5.41) is 19.7. The Hall–Kier alpha value is -4.05. The molecule has 30 heavy (non-hydrogen) atoms. The number of nitrogens with zero attached hydrogens (tertiary/aromatic N) is 4. The number of methoxy groups -OCH3 is 1. The molecule has 0 fully saturated rings. The lowest BCUT2D eigenvalue weighted by molar-refractivity contribution is -0.384. The number of ether oxygens (including phenoxy) is 1. The molecule has 2 aromatic heterocycles. The van der Waals surface area contributed by atoms with Crippen molar-refractivity contribution >= 4 is 39.9 Å². The van der Waals surface area contributed by atoms with Crippen molar-refractivity contribution in [2.24, 2.45) is 0 Å². The van der Waals surface area contributed by atoms with Gasteiger partial charge in [0.1, 0.15) is 5.75 Å². The van der Waals surface area contributed by atoms with Gasteiger partial charge in [0.05, 0.1) is 17.7 Å². The first kappa shape index (κ1) is 19.3. The molecular formula is C20H15N5O4S. The van der Waals surface area contributed by atoms with E-state index in [1.165, 1.54) is 35.6 Å². The van der Waals surface area contributed by atoms with E-state index in [9.17, 15) is 14.9 Å². The molecule has 0 saturated heterocycles. The van der Waals surface area contributed by atoms with Crippen molar-refractivity contribution < 1.29 is 14.5 Å². The third kappa shape index (κ3) is 4.03. The summed E-state index contributed by atoms with van der Waals surface area (Å²) >= 11 is 1.40. The van der Waals surface area contributed by atoms with Gasteiger partial charge in [0.15, 0.2) is 0 Å². The topological polar surface area (TPSA) is 112 Å². The monoisotopic (exact) mass is 421 g/mol. The Labute approximate surface area is 174 Å². The second kappa shape index (κ2) is 8.13. The molecular weight excluding hydrogens is 406 g/mol. The van der Waals surface area contributed by atoms with E-state index >= 15 is 0 Å². The van der Waals surface area contributed by atoms with Crippen molar-refractivity contribution in [1.29, 1.82) is 0 Å². The lowest BCUT2D eigenvalue weighted by atomic mass is 10.2. The normalized spacial score (nSPS) is 11.1. The highest BCUT2D eigenvalue weighted by atomic mass is 32.1. The van der Waals surface area contributed by atoms with E-state index in [4.69, 9.17) is 4.74 Å². The van der Waals surface area contributed by atoms with Gasteiger partial charge in [0, 0.05) is 29.2 Å². The second-order valence-corrected chi connectivity index (χ2v) is 6.99. The highest BCUT2D eigenvalue weighted by Crippen LogP contribution is 2.28. The fourth-order valence-corrected chi connectivity index (χ4v) is 3.61. The summed E-state index contributed by atoms with van der Waals surface area (Å²) in [5.41, 5.74) is 2.24. The molecule has 0 saturated carbocycles. The van der Waals surface area contributed by atoms with Crippen LogP contribution in [0, 0.1) is 10.1 Å². The molecule has 150 valence electrons. The predicted molar refractivity (Wildman–Crippen MR) is 114 cm³/mol.